The third-order valence-electron chi connectivity index (χ3n) is 6.45. The van der Waals surface area contributed by atoms with E-state index in [2.05, 4.69) is 61.6 Å². The number of rotatable bonds is 12. The minimum absolute atomic E-state index is 0. The molecule has 0 spiro atoms. The van der Waals surface area contributed by atoms with E-state index in [1.807, 2.05) is 12.1 Å². The number of benzene rings is 2. The van der Waals surface area contributed by atoms with Crippen LogP contribution in [-0.2, 0) is 22.5 Å². The fourth-order valence-corrected chi connectivity index (χ4v) is 4.39. The number of hydrogen-bond acceptors (Lipinski definition) is 4. The molecule has 5 heteroatoms. The first-order chi connectivity index (χ1) is 15.1. The largest absolute Gasteiger partial charge is 0.492 e. The van der Waals surface area contributed by atoms with E-state index in [9.17, 15) is 0 Å². The van der Waals surface area contributed by atoms with Gasteiger partial charge in [-0.05, 0) is 56.4 Å². The molecule has 2 aromatic rings. The normalized spacial score (nSPS) is 17.2. The first-order valence-corrected chi connectivity index (χ1v) is 11.8. The summed E-state index contributed by atoms with van der Waals surface area (Å²) in [4.78, 5) is 0. The molecule has 0 aliphatic heterocycles. The van der Waals surface area contributed by atoms with Gasteiger partial charge >= 0.3 is 0 Å². The highest BCUT2D eigenvalue weighted by Crippen LogP contribution is 2.36. The van der Waals surface area contributed by atoms with E-state index >= 15 is 0 Å². The van der Waals surface area contributed by atoms with Crippen LogP contribution in [0.25, 0.3) is 0 Å². The van der Waals surface area contributed by atoms with Gasteiger partial charge in [-0.15, -0.1) is 12.4 Å². The Balaban J connectivity index is 0.00000363. The molecule has 0 aromatic heterocycles. The Labute approximate surface area is 200 Å². The minimum atomic E-state index is -0.502. The average Bonchev–Trinajstić information content (AvgIpc) is 2.82. The molecule has 3 rings (SSSR count). The summed E-state index contributed by atoms with van der Waals surface area (Å²) in [5.41, 5.74) is 2.50. The zero-order valence-electron chi connectivity index (χ0n) is 19.8. The number of halogens is 1. The summed E-state index contributed by atoms with van der Waals surface area (Å²) in [5.74, 6) is 0.867. The Morgan fingerprint density at radius 3 is 2.31 bits per heavy atom. The van der Waals surface area contributed by atoms with Crippen LogP contribution in [0.15, 0.2) is 54.6 Å². The van der Waals surface area contributed by atoms with Crippen LogP contribution in [0, 0.1) is 5.92 Å². The van der Waals surface area contributed by atoms with Crippen LogP contribution in [0.2, 0.25) is 0 Å². The second kappa shape index (κ2) is 13.8. The van der Waals surface area contributed by atoms with Gasteiger partial charge < -0.3 is 19.5 Å². The van der Waals surface area contributed by atoms with Gasteiger partial charge in [0.2, 0.25) is 0 Å². The molecule has 2 atom stereocenters. The Bertz CT molecular complexity index is 749. The predicted molar refractivity (Wildman–Crippen MR) is 134 cm³/mol. The fraction of sp³-hybridized carbons (Fsp3) is 0.556. The third-order valence-corrected chi connectivity index (χ3v) is 6.45. The summed E-state index contributed by atoms with van der Waals surface area (Å²) >= 11 is 0. The van der Waals surface area contributed by atoms with Gasteiger partial charge in [0.25, 0.3) is 0 Å². The van der Waals surface area contributed by atoms with Crippen LogP contribution in [0.4, 0.5) is 0 Å². The molecule has 1 fully saturated rings. The summed E-state index contributed by atoms with van der Waals surface area (Å²) in [6.45, 7) is 6.33. The summed E-state index contributed by atoms with van der Waals surface area (Å²) in [5, 5.41) is 3.53. The van der Waals surface area contributed by atoms with Gasteiger partial charge in [0.1, 0.15) is 12.4 Å². The highest BCUT2D eigenvalue weighted by atomic mass is 35.5. The van der Waals surface area contributed by atoms with Crippen LogP contribution in [0.1, 0.15) is 57.1 Å². The predicted octanol–water partition coefficient (Wildman–Crippen LogP) is 6.17. The number of nitrogens with one attached hydrogen (secondary N) is 1. The standard InChI is InChI=1S/C27H39NO3.ClH/c1-22(20-23-10-6-4-7-11-23)28-18-19-30-26-16-14-24(15-17-26)21-31-27(2,29-3)25-12-8-5-9-13-25;/h4,6-7,10-11,14-17,22,25,28H,5,8-9,12-13,18-21H2,1-3H3;1H. The van der Waals surface area contributed by atoms with Crippen LogP contribution in [-0.4, -0.2) is 32.1 Å². The Morgan fingerprint density at radius 2 is 1.66 bits per heavy atom. The molecule has 32 heavy (non-hydrogen) atoms. The third kappa shape index (κ3) is 8.40. The van der Waals surface area contributed by atoms with E-state index in [1.54, 1.807) is 7.11 Å². The van der Waals surface area contributed by atoms with E-state index in [1.165, 1.54) is 37.7 Å². The molecule has 1 aliphatic rings. The summed E-state index contributed by atoms with van der Waals surface area (Å²) in [6.07, 6.45) is 7.29. The molecule has 1 N–H and O–H groups in total. The van der Waals surface area contributed by atoms with Crippen molar-refractivity contribution in [3.63, 3.8) is 0 Å². The zero-order valence-corrected chi connectivity index (χ0v) is 20.7. The molecule has 1 aliphatic carbocycles. The highest BCUT2D eigenvalue weighted by molar-refractivity contribution is 5.85. The quantitative estimate of drug-likeness (QED) is 0.303. The molecule has 0 saturated heterocycles. The Morgan fingerprint density at radius 1 is 0.969 bits per heavy atom. The summed E-state index contributed by atoms with van der Waals surface area (Å²) in [6, 6.07) is 19.2. The first-order valence-electron chi connectivity index (χ1n) is 11.8. The van der Waals surface area contributed by atoms with Crippen LogP contribution in [0.3, 0.4) is 0 Å². The van der Waals surface area contributed by atoms with Crippen LogP contribution < -0.4 is 10.1 Å². The topological polar surface area (TPSA) is 39.7 Å². The number of methoxy groups -OCH3 is 1. The van der Waals surface area contributed by atoms with Gasteiger partial charge in [-0.2, -0.15) is 0 Å². The maximum absolute atomic E-state index is 6.24. The van der Waals surface area contributed by atoms with Crippen LogP contribution in [0.5, 0.6) is 5.75 Å². The van der Waals surface area contributed by atoms with Gasteiger partial charge in [-0.1, -0.05) is 61.7 Å². The summed E-state index contributed by atoms with van der Waals surface area (Å²) < 4.78 is 17.9. The second-order valence-corrected chi connectivity index (χ2v) is 8.88. The Hall–Kier alpha value is -1.59. The molecule has 2 unspecified atom stereocenters. The van der Waals surface area contributed by atoms with Crippen molar-refractivity contribution in [3.8, 4) is 5.75 Å². The molecule has 0 radical (unpaired) electrons. The maximum atomic E-state index is 6.24. The van der Waals surface area contributed by atoms with Crippen molar-refractivity contribution in [2.45, 2.75) is 70.8 Å². The van der Waals surface area contributed by atoms with Crippen molar-refractivity contribution in [1.29, 1.82) is 0 Å². The molecule has 178 valence electrons. The first kappa shape index (κ1) is 26.7. The SMILES string of the molecule is COC(C)(OCc1ccc(OCCNC(C)Cc2ccccc2)cc1)C1CCCCC1.Cl. The van der Waals surface area contributed by atoms with E-state index in [0.29, 0.717) is 25.2 Å². The van der Waals surface area contributed by atoms with Crippen molar-refractivity contribution < 1.29 is 14.2 Å². The molecule has 0 bridgehead atoms. The molecule has 0 heterocycles. The average molecular weight is 462 g/mol. The van der Waals surface area contributed by atoms with Crippen molar-refractivity contribution in [2.24, 2.45) is 5.92 Å². The van der Waals surface area contributed by atoms with E-state index in [-0.39, 0.29) is 12.4 Å². The zero-order chi connectivity index (χ0) is 21.9. The lowest BCUT2D eigenvalue weighted by atomic mass is 9.83. The van der Waals surface area contributed by atoms with Gasteiger partial charge in [0, 0.05) is 25.6 Å². The fourth-order valence-electron chi connectivity index (χ4n) is 4.39. The van der Waals surface area contributed by atoms with Crippen molar-refractivity contribution >= 4 is 12.4 Å². The van der Waals surface area contributed by atoms with Crippen molar-refractivity contribution in [3.05, 3.63) is 65.7 Å². The highest BCUT2D eigenvalue weighted by Gasteiger charge is 2.36. The molecule has 2 aromatic carbocycles. The molecule has 4 nitrogen and oxygen atoms in total. The van der Waals surface area contributed by atoms with Crippen molar-refractivity contribution in [1.82, 2.24) is 5.32 Å². The molecule has 0 amide bonds. The number of ether oxygens (including phenoxy) is 3. The molecular weight excluding hydrogens is 422 g/mol. The van der Waals surface area contributed by atoms with Crippen molar-refractivity contribution in [2.75, 3.05) is 20.3 Å². The smallest absolute Gasteiger partial charge is 0.168 e. The molecular formula is C27H40ClNO3. The summed E-state index contributed by atoms with van der Waals surface area (Å²) in [7, 11) is 1.76. The lowest BCUT2D eigenvalue weighted by molar-refractivity contribution is -0.253. The monoisotopic (exact) mass is 461 g/mol. The van der Waals surface area contributed by atoms with Gasteiger partial charge in [-0.3, -0.25) is 0 Å². The number of hydrogen-bond donors (Lipinski definition) is 1. The lowest BCUT2D eigenvalue weighted by Crippen LogP contribution is -2.40. The maximum Gasteiger partial charge on any atom is 0.168 e. The van der Waals surface area contributed by atoms with Gasteiger partial charge in [-0.25, -0.2) is 0 Å². The van der Waals surface area contributed by atoms with E-state index in [4.69, 9.17) is 14.2 Å². The Kier molecular flexibility index (Phi) is 11.5. The van der Waals surface area contributed by atoms with Crippen LogP contribution >= 0.6 is 12.4 Å². The second-order valence-electron chi connectivity index (χ2n) is 8.88. The van der Waals surface area contributed by atoms with Gasteiger partial charge in [0.15, 0.2) is 5.79 Å². The minimum Gasteiger partial charge on any atom is -0.492 e. The lowest BCUT2D eigenvalue weighted by Gasteiger charge is -2.38. The van der Waals surface area contributed by atoms with E-state index in [0.717, 1.165) is 24.3 Å². The van der Waals surface area contributed by atoms with Gasteiger partial charge in [0.05, 0.1) is 6.61 Å². The molecule has 1 saturated carbocycles. The van der Waals surface area contributed by atoms with E-state index < -0.39 is 5.79 Å².